The van der Waals surface area contributed by atoms with Crippen molar-refractivity contribution in [2.45, 2.75) is 141 Å². The van der Waals surface area contributed by atoms with Gasteiger partial charge in [-0.2, -0.15) is 0 Å². The van der Waals surface area contributed by atoms with Crippen molar-refractivity contribution in [2.75, 3.05) is 135 Å². The van der Waals surface area contributed by atoms with E-state index in [-0.39, 0.29) is 61.9 Å². The van der Waals surface area contributed by atoms with Gasteiger partial charge in [0.15, 0.2) is 0 Å². The van der Waals surface area contributed by atoms with E-state index in [1.165, 1.54) is 0 Å². The first-order valence-corrected chi connectivity index (χ1v) is 26.4. The average Bonchev–Trinajstić information content (AvgIpc) is 3.28. The van der Waals surface area contributed by atoms with Gasteiger partial charge in [-0.15, -0.1) is 0 Å². The monoisotopic (exact) mass is 953 g/mol. The number of ether oxygens (including phenoxy) is 9. The summed E-state index contributed by atoms with van der Waals surface area (Å²) < 4.78 is 85.2. The molecule has 0 bridgehead atoms. The number of aliphatic hydroxyl groups excluding tert-OH is 2. The first-order valence-electron chi connectivity index (χ1n) is 22.6. The molecule has 0 aromatic rings. The molecule has 0 aliphatic rings. The van der Waals surface area contributed by atoms with Crippen molar-refractivity contribution in [3.05, 3.63) is 0 Å². The molecule has 380 valence electrons. The minimum Gasteiger partial charge on any atom is -0.389 e. The molecule has 10 atom stereocenters. The molecule has 0 fully saturated rings. The van der Waals surface area contributed by atoms with Crippen LogP contribution in [0.25, 0.3) is 0 Å². The van der Waals surface area contributed by atoms with E-state index in [1.54, 1.807) is 42.7 Å². The molecule has 0 aromatic carbocycles. The Labute approximate surface area is 383 Å². The first-order chi connectivity index (χ1) is 30.0. The van der Waals surface area contributed by atoms with E-state index in [2.05, 4.69) is 10.6 Å². The molecule has 10 unspecified atom stereocenters. The van der Waals surface area contributed by atoms with Gasteiger partial charge in [0, 0.05) is 93.1 Å². The Morgan fingerprint density at radius 2 is 0.651 bits per heavy atom. The lowest BCUT2D eigenvalue weighted by molar-refractivity contribution is -0.104. The molecule has 0 saturated carbocycles. The highest BCUT2D eigenvalue weighted by atomic mass is 28.4. The summed E-state index contributed by atoms with van der Waals surface area (Å²) >= 11 is 0. The molecular formula is C42H92N2O17Si2. The normalized spacial score (nSPS) is 17.5. The van der Waals surface area contributed by atoms with Crippen LogP contribution in [0, 0.1) is 0 Å². The second-order valence-corrected chi connectivity index (χ2v) is 22.5. The van der Waals surface area contributed by atoms with Crippen LogP contribution in [0.1, 0.15) is 68.2 Å². The lowest BCUT2D eigenvalue weighted by Gasteiger charge is -2.24. The zero-order valence-corrected chi connectivity index (χ0v) is 43.5. The van der Waals surface area contributed by atoms with Crippen molar-refractivity contribution < 1.29 is 79.4 Å². The fourth-order valence-electron chi connectivity index (χ4n) is 5.75. The third kappa shape index (κ3) is 32.9. The summed E-state index contributed by atoms with van der Waals surface area (Å²) in [5.41, 5.74) is 0. The van der Waals surface area contributed by atoms with Crippen LogP contribution in [-0.2, 0) is 69.2 Å². The Balaban J connectivity index is 3.95. The fraction of sp³-hybridized carbons (Fsp3) is 1.00. The van der Waals surface area contributed by atoms with Gasteiger partial charge in [-0.05, 0) is 68.2 Å². The molecule has 0 spiro atoms. The highest BCUT2D eigenvalue weighted by Gasteiger charge is 2.37. The van der Waals surface area contributed by atoms with E-state index in [1.807, 2.05) is 55.4 Å². The molecule has 0 aliphatic carbocycles. The molecule has 0 radical (unpaired) electrons. The molecule has 0 heterocycles. The van der Waals surface area contributed by atoms with Gasteiger partial charge in [-0.25, -0.2) is 0 Å². The maximum absolute atomic E-state index is 10.3. The van der Waals surface area contributed by atoms with Crippen molar-refractivity contribution in [3.8, 4) is 0 Å². The fourth-order valence-corrected chi connectivity index (χ4v) is 9.13. The standard InChI is InChI=1S/C42H92N2O17Si2/c1-33(43-21-41(45)31-53-17-15-19-62(47-9,48-10)49-11)23-55-25-35(3)57-27-37(5)59-29-39(7)61-30-40(8)60-28-38(6)58-26-36(4)56-24-34(2)44-22-42(46)32-54-18-16-20-63(50-12,51-13)52-14/h33-46H,15-32H2,1-14H3. The Morgan fingerprint density at radius 1 is 0.365 bits per heavy atom. The van der Waals surface area contributed by atoms with Gasteiger partial charge in [-0.1, -0.05) is 0 Å². The number of nitrogens with one attached hydrogen (secondary N) is 2. The average molecular weight is 953 g/mol. The van der Waals surface area contributed by atoms with Crippen molar-refractivity contribution in [1.29, 1.82) is 0 Å². The lowest BCUT2D eigenvalue weighted by atomic mass is 10.3. The zero-order chi connectivity index (χ0) is 47.5. The van der Waals surface area contributed by atoms with Gasteiger partial charge < -0.3 is 90.0 Å². The topological polar surface area (TPSA) is 203 Å². The largest absolute Gasteiger partial charge is 0.500 e. The molecule has 0 aromatic heterocycles. The summed E-state index contributed by atoms with van der Waals surface area (Å²) in [6.07, 6.45) is -0.469. The summed E-state index contributed by atoms with van der Waals surface area (Å²) in [6.45, 7) is 21.7. The predicted molar refractivity (Wildman–Crippen MR) is 244 cm³/mol. The Bertz CT molecular complexity index is 1010. The second-order valence-electron chi connectivity index (χ2n) is 16.3. The van der Waals surface area contributed by atoms with E-state index in [0.29, 0.717) is 91.2 Å². The number of hydrogen-bond acceptors (Lipinski definition) is 19. The molecule has 19 nitrogen and oxygen atoms in total. The highest BCUT2D eigenvalue weighted by Crippen LogP contribution is 2.16. The number of hydrogen-bond donors (Lipinski definition) is 4. The van der Waals surface area contributed by atoms with Gasteiger partial charge in [0.2, 0.25) is 0 Å². The van der Waals surface area contributed by atoms with Crippen LogP contribution in [0.2, 0.25) is 12.1 Å². The molecule has 4 N–H and O–H groups in total. The quantitative estimate of drug-likeness (QED) is 0.0512. The van der Waals surface area contributed by atoms with Crippen molar-refractivity contribution >= 4 is 17.6 Å². The molecule has 0 rings (SSSR count). The lowest BCUT2D eigenvalue weighted by Crippen LogP contribution is -2.42. The van der Waals surface area contributed by atoms with Crippen LogP contribution in [0.5, 0.6) is 0 Å². The molecule has 0 saturated heterocycles. The van der Waals surface area contributed by atoms with Crippen molar-refractivity contribution in [1.82, 2.24) is 10.6 Å². The van der Waals surface area contributed by atoms with Crippen LogP contribution in [0.3, 0.4) is 0 Å². The van der Waals surface area contributed by atoms with Gasteiger partial charge in [0.25, 0.3) is 0 Å². The van der Waals surface area contributed by atoms with Gasteiger partial charge in [-0.3, -0.25) is 0 Å². The third-order valence-corrected chi connectivity index (χ3v) is 15.5. The van der Waals surface area contributed by atoms with Crippen LogP contribution in [-0.4, -0.2) is 224 Å². The first kappa shape index (κ1) is 62.7. The van der Waals surface area contributed by atoms with Gasteiger partial charge in [0.1, 0.15) is 0 Å². The smallest absolute Gasteiger partial charge is 0.389 e. The van der Waals surface area contributed by atoms with Crippen molar-refractivity contribution in [3.63, 3.8) is 0 Å². The zero-order valence-electron chi connectivity index (χ0n) is 41.5. The van der Waals surface area contributed by atoms with Crippen LogP contribution < -0.4 is 10.6 Å². The molecule has 21 heteroatoms. The Hall–Kier alpha value is -0.326. The minimum atomic E-state index is -2.60. The van der Waals surface area contributed by atoms with E-state index in [4.69, 9.17) is 69.2 Å². The van der Waals surface area contributed by atoms with Crippen LogP contribution in [0.4, 0.5) is 0 Å². The molecule has 0 aliphatic heterocycles. The molecule has 0 amide bonds. The maximum atomic E-state index is 10.3. The molecular weight excluding hydrogens is 861 g/mol. The third-order valence-electron chi connectivity index (χ3n) is 9.86. The van der Waals surface area contributed by atoms with E-state index < -0.39 is 29.8 Å². The Kier molecular flexibility index (Phi) is 38.4. The number of aliphatic hydroxyl groups is 2. The van der Waals surface area contributed by atoms with Gasteiger partial charge in [0.05, 0.1) is 115 Å². The van der Waals surface area contributed by atoms with E-state index in [9.17, 15) is 10.2 Å². The van der Waals surface area contributed by atoms with E-state index >= 15 is 0 Å². The summed E-state index contributed by atoms with van der Waals surface area (Å²) in [6, 6.07) is 1.39. The highest BCUT2D eigenvalue weighted by molar-refractivity contribution is 6.60. The molecule has 63 heavy (non-hydrogen) atoms. The number of rotatable bonds is 46. The van der Waals surface area contributed by atoms with Crippen LogP contribution in [0.15, 0.2) is 0 Å². The minimum absolute atomic E-state index is 0.0448. The summed E-state index contributed by atoms with van der Waals surface area (Å²) in [4.78, 5) is 0. The summed E-state index contributed by atoms with van der Waals surface area (Å²) in [5.74, 6) is 0. The van der Waals surface area contributed by atoms with Crippen LogP contribution >= 0.6 is 0 Å². The second kappa shape index (κ2) is 38.6. The summed E-state index contributed by atoms with van der Waals surface area (Å²) in [7, 11) is 4.34. The van der Waals surface area contributed by atoms with Gasteiger partial charge >= 0.3 is 17.6 Å². The SMILES string of the molecule is CO[Si](CCCOCC(O)CNC(C)COCC(C)OCC(C)OCC(C)OCC(C)OCC(C)OCC(C)OCC(C)NCC(O)COCCC[Si](OC)(OC)OC)(OC)OC. The predicted octanol–water partition coefficient (Wildman–Crippen LogP) is 2.68. The maximum Gasteiger partial charge on any atom is 0.500 e. The summed E-state index contributed by atoms with van der Waals surface area (Å²) in [5, 5.41) is 27.1. The van der Waals surface area contributed by atoms with Crippen molar-refractivity contribution in [2.24, 2.45) is 0 Å². The Morgan fingerprint density at radius 3 is 0.968 bits per heavy atom. The van der Waals surface area contributed by atoms with E-state index in [0.717, 1.165) is 12.8 Å².